The first-order chi connectivity index (χ1) is 14.5. The first kappa shape index (κ1) is 19.5. The van der Waals surface area contributed by atoms with Gasteiger partial charge < -0.3 is 4.74 Å². The molecule has 3 aliphatic rings. The van der Waals surface area contributed by atoms with Crippen LogP contribution in [0.3, 0.4) is 0 Å². The van der Waals surface area contributed by atoms with Crippen molar-refractivity contribution in [2.45, 2.75) is 64.9 Å². The molecule has 0 heterocycles. The molecule has 2 saturated carbocycles. The Balaban J connectivity index is 1.46. The lowest BCUT2D eigenvalue weighted by atomic mass is 9.55. The van der Waals surface area contributed by atoms with Crippen LogP contribution in [0.2, 0.25) is 0 Å². The zero-order valence-electron chi connectivity index (χ0n) is 17.9. The maximum absolute atomic E-state index is 12.6. The normalized spacial score (nSPS) is 29.7. The number of carbonyl (C=O) groups is 2. The Morgan fingerprint density at radius 1 is 1.10 bits per heavy atom. The number of hydrogen-bond donors (Lipinski definition) is 0. The third kappa shape index (κ3) is 3.10. The van der Waals surface area contributed by atoms with Gasteiger partial charge in [0, 0.05) is 11.8 Å². The summed E-state index contributed by atoms with van der Waals surface area (Å²) in [7, 11) is 0. The van der Waals surface area contributed by atoms with Crippen LogP contribution in [0.5, 0.6) is 5.75 Å². The van der Waals surface area contributed by atoms with Crippen molar-refractivity contribution in [2.75, 3.05) is 0 Å². The highest BCUT2D eigenvalue weighted by molar-refractivity contribution is 5.97. The Bertz CT molecular complexity index is 993. The van der Waals surface area contributed by atoms with Crippen LogP contribution < -0.4 is 4.74 Å². The van der Waals surface area contributed by atoms with E-state index in [4.69, 9.17) is 4.74 Å². The molecule has 4 atom stereocenters. The van der Waals surface area contributed by atoms with Crippen LogP contribution in [-0.2, 0) is 17.8 Å². The van der Waals surface area contributed by atoms with E-state index in [0.29, 0.717) is 41.5 Å². The van der Waals surface area contributed by atoms with Crippen molar-refractivity contribution in [1.29, 1.82) is 0 Å². The van der Waals surface area contributed by atoms with Crippen molar-refractivity contribution >= 4 is 11.6 Å². The van der Waals surface area contributed by atoms with Gasteiger partial charge in [0.05, 0.1) is 5.56 Å². The van der Waals surface area contributed by atoms with Crippen LogP contribution >= 0.6 is 0 Å². The van der Waals surface area contributed by atoms with Crippen LogP contribution in [0.15, 0.2) is 42.5 Å². The lowest BCUT2D eigenvalue weighted by Crippen LogP contribution is -2.42. The predicted molar refractivity (Wildman–Crippen MR) is 117 cm³/mol. The smallest absolute Gasteiger partial charge is 0.163 e. The molecule has 0 saturated heterocycles. The number of ketones is 2. The topological polar surface area (TPSA) is 43.4 Å². The molecule has 0 aromatic heterocycles. The zero-order chi connectivity index (χ0) is 20.9. The highest BCUT2D eigenvalue weighted by atomic mass is 16.5. The maximum atomic E-state index is 12.6. The Labute approximate surface area is 178 Å². The summed E-state index contributed by atoms with van der Waals surface area (Å²) in [4.78, 5) is 25.0. The molecule has 2 aromatic carbocycles. The van der Waals surface area contributed by atoms with E-state index in [2.05, 4.69) is 19.1 Å². The second-order valence-corrected chi connectivity index (χ2v) is 9.71. The average Bonchev–Trinajstić information content (AvgIpc) is 3.06. The van der Waals surface area contributed by atoms with Crippen molar-refractivity contribution in [3.63, 3.8) is 0 Å². The lowest BCUT2D eigenvalue weighted by molar-refractivity contribution is -0.129. The van der Waals surface area contributed by atoms with E-state index in [1.165, 1.54) is 11.1 Å². The van der Waals surface area contributed by atoms with Gasteiger partial charge in [-0.15, -0.1) is 0 Å². The van der Waals surface area contributed by atoms with E-state index in [9.17, 15) is 9.59 Å². The number of rotatable bonds is 4. The number of aryl methyl sites for hydroxylation is 1. The molecule has 5 rings (SSSR count). The molecule has 30 heavy (non-hydrogen) atoms. The molecular formula is C27H30O3. The summed E-state index contributed by atoms with van der Waals surface area (Å²) in [6.45, 7) is 4.31. The SMILES string of the molecule is CC(=O)c1cc2c(cc1OCc1ccccc1)CC[C@@H]1[C@@H]2CC[C@]2(C)C(=O)CC[C@@H]12. The quantitative estimate of drug-likeness (QED) is 0.599. The fraction of sp³-hybridized carbons (Fsp3) is 0.481. The van der Waals surface area contributed by atoms with Crippen LogP contribution in [0.25, 0.3) is 0 Å². The van der Waals surface area contributed by atoms with Crippen molar-refractivity contribution < 1.29 is 14.3 Å². The van der Waals surface area contributed by atoms with Gasteiger partial charge in [0.1, 0.15) is 18.1 Å². The van der Waals surface area contributed by atoms with Gasteiger partial charge in [0.2, 0.25) is 0 Å². The van der Waals surface area contributed by atoms with Crippen molar-refractivity contribution in [1.82, 2.24) is 0 Å². The number of fused-ring (bicyclic) bond motifs is 5. The minimum absolute atomic E-state index is 0.0553. The second-order valence-electron chi connectivity index (χ2n) is 9.71. The maximum Gasteiger partial charge on any atom is 0.163 e. The highest BCUT2D eigenvalue weighted by Gasteiger charge is 2.54. The molecule has 0 aliphatic heterocycles. The van der Waals surface area contributed by atoms with E-state index in [0.717, 1.165) is 44.1 Å². The minimum atomic E-state index is -0.110. The molecular weight excluding hydrogens is 372 g/mol. The molecule has 0 spiro atoms. The molecule has 2 aromatic rings. The number of carbonyl (C=O) groups excluding carboxylic acids is 2. The third-order valence-electron chi connectivity index (χ3n) is 8.15. The summed E-state index contributed by atoms with van der Waals surface area (Å²) in [5.41, 5.74) is 4.35. The van der Waals surface area contributed by atoms with Gasteiger partial charge in [0.15, 0.2) is 5.78 Å². The van der Waals surface area contributed by atoms with Crippen LogP contribution in [0.4, 0.5) is 0 Å². The minimum Gasteiger partial charge on any atom is -0.488 e. The monoisotopic (exact) mass is 402 g/mol. The van der Waals surface area contributed by atoms with Gasteiger partial charge >= 0.3 is 0 Å². The Kier molecular flexibility index (Phi) is 4.80. The van der Waals surface area contributed by atoms with Gasteiger partial charge in [-0.25, -0.2) is 0 Å². The van der Waals surface area contributed by atoms with E-state index in [1.807, 2.05) is 30.3 Å². The summed E-state index contributed by atoms with van der Waals surface area (Å²) in [6, 6.07) is 14.3. The second kappa shape index (κ2) is 7.37. The Hall–Kier alpha value is -2.42. The summed E-state index contributed by atoms with van der Waals surface area (Å²) in [5, 5.41) is 0. The van der Waals surface area contributed by atoms with Gasteiger partial charge in [-0.1, -0.05) is 37.3 Å². The zero-order valence-corrected chi connectivity index (χ0v) is 17.9. The summed E-state index contributed by atoms with van der Waals surface area (Å²) in [5.74, 6) is 2.79. The molecule has 3 aliphatic carbocycles. The summed E-state index contributed by atoms with van der Waals surface area (Å²) in [6.07, 6.45) is 5.99. The van der Waals surface area contributed by atoms with Crippen molar-refractivity contribution in [2.24, 2.45) is 17.3 Å². The van der Waals surface area contributed by atoms with E-state index < -0.39 is 0 Å². The van der Waals surface area contributed by atoms with E-state index >= 15 is 0 Å². The van der Waals surface area contributed by atoms with Crippen LogP contribution in [0.1, 0.15) is 78.9 Å². The van der Waals surface area contributed by atoms with Crippen molar-refractivity contribution in [3.8, 4) is 5.75 Å². The molecule has 0 radical (unpaired) electrons. The van der Waals surface area contributed by atoms with Gasteiger partial charge in [-0.05, 0) is 85.6 Å². The van der Waals surface area contributed by atoms with E-state index in [1.54, 1.807) is 6.92 Å². The summed E-state index contributed by atoms with van der Waals surface area (Å²) < 4.78 is 6.12. The predicted octanol–water partition coefficient (Wildman–Crippen LogP) is 5.89. The fourth-order valence-electron chi connectivity index (χ4n) is 6.50. The Morgan fingerprint density at radius 3 is 2.67 bits per heavy atom. The van der Waals surface area contributed by atoms with Gasteiger partial charge in [-0.3, -0.25) is 9.59 Å². The molecule has 156 valence electrons. The molecule has 3 nitrogen and oxygen atoms in total. The average molecular weight is 403 g/mol. The number of ether oxygens (including phenoxy) is 1. The van der Waals surface area contributed by atoms with Crippen LogP contribution in [0, 0.1) is 17.3 Å². The van der Waals surface area contributed by atoms with Crippen molar-refractivity contribution in [3.05, 3.63) is 64.7 Å². The van der Waals surface area contributed by atoms with E-state index in [-0.39, 0.29) is 11.2 Å². The number of hydrogen-bond acceptors (Lipinski definition) is 3. The Morgan fingerprint density at radius 2 is 1.90 bits per heavy atom. The summed E-state index contributed by atoms with van der Waals surface area (Å²) >= 11 is 0. The molecule has 3 heteroatoms. The number of benzene rings is 2. The van der Waals surface area contributed by atoms with Gasteiger partial charge in [-0.2, -0.15) is 0 Å². The highest BCUT2D eigenvalue weighted by Crippen LogP contribution is 2.59. The third-order valence-corrected chi connectivity index (χ3v) is 8.15. The standard InChI is InChI=1S/C27H30O3/c1-17(28)22-15-23-19(14-25(22)30-16-18-6-4-3-5-7-18)8-9-21-20(23)12-13-27(2)24(21)10-11-26(27)29/h3-7,14-15,20-21,24H,8-13,16H2,1-2H3/t20-,21+,24-,27-/m0/s1. The first-order valence-corrected chi connectivity index (χ1v) is 11.3. The molecule has 0 unspecified atom stereocenters. The molecule has 0 bridgehead atoms. The molecule has 2 fully saturated rings. The van der Waals surface area contributed by atoms with Crippen LogP contribution in [-0.4, -0.2) is 11.6 Å². The number of Topliss-reactive ketones (excluding diaryl/α,β-unsaturated/α-hetero) is 2. The molecule has 0 amide bonds. The molecule has 0 N–H and O–H groups in total. The first-order valence-electron chi connectivity index (χ1n) is 11.3. The lowest BCUT2D eigenvalue weighted by Gasteiger charge is -2.48. The van der Waals surface area contributed by atoms with Gasteiger partial charge in [0.25, 0.3) is 0 Å². The fourth-order valence-corrected chi connectivity index (χ4v) is 6.50. The largest absolute Gasteiger partial charge is 0.488 e.